The number of nitrogens with zero attached hydrogens (tertiary/aromatic N) is 1. The van der Waals surface area contributed by atoms with Crippen LogP contribution in [0, 0.1) is 6.92 Å². The lowest BCUT2D eigenvalue weighted by molar-refractivity contribution is -0.00000598. The molecule has 0 aliphatic rings. The Morgan fingerprint density at radius 3 is 2.30 bits per heavy atom. The van der Waals surface area contributed by atoms with E-state index in [9.17, 15) is 5.11 Å². The van der Waals surface area contributed by atoms with Crippen molar-refractivity contribution >= 4 is 34.1 Å². The van der Waals surface area contributed by atoms with Crippen molar-refractivity contribution < 1.29 is 17.5 Å². The van der Waals surface area contributed by atoms with E-state index in [1.54, 1.807) is 12.1 Å². The molecule has 0 radical (unpaired) electrons. The van der Waals surface area contributed by atoms with Crippen LogP contribution in [0.3, 0.4) is 0 Å². The first-order chi connectivity index (χ1) is 12.5. The van der Waals surface area contributed by atoms with E-state index < -0.39 is 0 Å². The second-order valence-electron chi connectivity index (χ2n) is 6.15. The maximum absolute atomic E-state index is 9.59. The molecular formula is C22H15Cl3NO-. The number of phenolic OH excluding ortho intramolecular Hbond substituents is 1. The Labute approximate surface area is 173 Å². The Morgan fingerprint density at radius 2 is 1.59 bits per heavy atom. The van der Waals surface area contributed by atoms with E-state index in [4.69, 9.17) is 28.2 Å². The second-order valence-corrected chi connectivity index (χ2v) is 6.99. The van der Waals surface area contributed by atoms with Crippen molar-refractivity contribution in [2.75, 3.05) is 0 Å². The van der Waals surface area contributed by atoms with Crippen LogP contribution < -0.4 is 12.4 Å². The van der Waals surface area contributed by atoms with E-state index >= 15 is 0 Å². The van der Waals surface area contributed by atoms with E-state index in [0.717, 1.165) is 38.9 Å². The normalized spacial score (nSPS) is 10.6. The molecule has 0 aliphatic carbocycles. The van der Waals surface area contributed by atoms with Gasteiger partial charge in [0.15, 0.2) is 0 Å². The molecule has 3 aromatic carbocycles. The Morgan fingerprint density at radius 1 is 0.889 bits per heavy atom. The summed E-state index contributed by atoms with van der Waals surface area (Å²) in [7, 11) is 0. The zero-order valence-corrected chi connectivity index (χ0v) is 16.6. The van der Waals surface area contributed by atoms with Gasteiger partial charge >= 0.3 is 0 Å². The molecular weight excluding hydrogens is 401 g/mol. The molecule has 0 saturated heterocycles. The molecule has 0 bridgehead atoms. The summed E-state index contributed by atoms with van der Waals surface area (Å²) in [6, 6.07) is 20.5. The molecule has 0 fully saturated rings. The molecule has 0 amide bonds. The molecule has 0 spiro atoms. The lowest BCUT2D eigenvalue weighted by Gasteiger charge is -2.16. The zero-order valence-electron chi connectivity index (χ0n) is 14.4. The third kappa shape index (κ3) is 3.61. The van der Waals surface area contributed by atoms with Gasteiger partial charge in [-0.2, -0.15) is 0 Å². The van der Waals surface area contributed by atoms with Crippen LogP contribution in [0.5, 0.6) is 5.75 Å². The highest BCUT2D eigenvalue weighted by Gasteiger charge is 2.17. The van der Waals surface area contributed by atoms with Crippen LogP contribution in [0.1, 0.15) is 5.56 Å². The fraction of sp³-hybridized carbons (Fsp3) is 0.0455. The van der Waals surface area contributed by atoms with Gasteiger partial charge in [0.25, 0.3) is 0 Å². The van der Waals surface area contributed by atoms with Gasteiger partial charge in [0, 0.05) is 26.6 Å². The van der Waals surface area contributed by atoms with E-state index in [1.807, 2.05) is 61.5 Å². The monoisotopic (exact) mass is 414 g/mol. The van der Waals surface area contributed by atoms with Crippen molar-refractivity contribution in [2.24, 2.45) is 0 Å². The molecule has 4 aromatic rings. The number of pyridine rings is 1. The summed E-state index contributed by atoms with van der Waals surface area (Å²) < 4.78 is 0. The lowest BCUT2D eigenvalue weighted by Crippen LogP contribution is -3.00. The fourth-order valence-electron chi connectivity index (χ4n) is 3.24. The molecule has 27 heavy (non-hydrogen) atoms. The van der Waals surface area contributed by atoms with Crippen LogP contribution in [0.15, 0.2) is 66.7 Å². The molecule has 2 nitrogen and oxygen atoms in total. The highest BCUT2D eigenvalue weighted by atomic mass is 35.5. The van der Waals surface area contributed by atoms with Crippen molar-refractivity contribution in [3.05, 3.63) is 82.3 Å². The fourth-order valence-corrected chi connectivity index (χ4v) is 3.64. The van der Waals surface area contributed by atoms with Gasteiger partial charge in [0.2, 0.25) is 0 Å². The number of fused-ring (bicyclic) bond motifs is 1. The molecule has 0 aliphatic heterocycles. The topological polar surface area (TPSA) is 33.1 Å². The number of benzene rings is 3. The molecule has 5 heteroatoms. The Balaban J connectivity index is 0.00000210. The van der Waals surface area contributed by atoms with Crippen molar-refractivity contribution in [3.8, 4) is 28.1 Å². The third-order valence-electron chi connectivity index (χ3n) is 4.47. The molecule has 136 valence electrons. The molecule has 0 atom stereocenters. The smallest absolute Gasteiger partial charge is 0.115 e. The van der Waals surface area contributed by atoms with Crippen LogP contribution in [0.25, 0.3) is 33.3 Å². The second kappa shape index (κ2) is 7.77. The largest absolute Gasteiger partial charge is 1.00 e. The number of phenols is 1. The minimum atomic E-state index is 0. The Hall–Kier alpha value is -2.26. The third-order valence-corrected chi connectivity index (χ3v) is 5.04. The standard InChI is InChI=1S/C22H15Cl2NO.ClH/c1-13-21(17-4-2-3-5-19(17)24)18-12-15(23)8-11-20(18)25-22(13)14-6-9-16(26)10-7-14;/h2-12,26H,1H3;1H/p-1. The van der Waals surface area contributed by atoms with Gasteiger partial charge in [-0.15, -0.1) is 0 Å². The van der Waals surface area contributed by atoms with Crippen molar-refractivity contribution in [1.82, 2.24) is 4.98 Å². The number of halogens is 3. The maximum atomic E-state index is 9.59. The van der Waals surface area contributed by atoms with Crippen LogP contribution >= 0.6 is 23.2 Å². The van der Waals surface area contributed by atoms with E-state index in [2.05, 4.69) is 0 Å². The van der Waals surface area contributed by atoms with Gasteiger partial charge in [-0.25, -0.2) is 4.98 Å². The first-order valence-corrected chi connectivity index (χ1v) is 8.94. The molecule has 0 saturated carbocycles. The molecule has 4 rings (SSSR count). The van der Waals surface area contributed by atoms with Crippen LogP contribution in [0.4, 0.5) is 0 Å². The van der Waals surface area contributed by atoms with Crippen molar-refractivity contribution in [1.29, 1.82) is 0 Å². The Kier molecular flexibility index (Phi) is 5.61. The summed E-state index contributed by atoms with van der Waals surface area (Å²) in [5.74, 6) is 0.227. The first-order valence-electron chi connectivity index (χ1n) is 8.19. The summed E-state index contributed by atoms with van der Waals surface area (Å²) in [5.41, 5.74) is 5.62. The highest BCUT2D eigenvalue weighted by Crippen LogP contribution is 2.40. The Bertz CT molecular complexity index is 1120. The summed E-state index contributed by atoms with van der Waals surface area (Å²) >= 11 is 12.8. The number of aromatic nitrogens is 1. The summed E-state index contributed by atoms with van der Waals surface area (Å²) in [6.07, 6.45) is 0. The van der Waals surface area contributed by atoms with E-state index in [0.29, 0.717) is 10.0 Å². The first kappa shape index (κ1) is 19.5. The van der Waals surface area contributed by atoms with E-state index in [-0.39, 0.29) is 18.2 Å². The average molecular weight is 416 g/mol. The van der Waals surface area contributed by atoms with Gasteiger partial charge in [0.05, 0.1) is 11.2 Å². The van der Waals surface area contributed by atoms with E-state index in [1.165, 1.54) is 0 Å². The van der Waals surface area contributed by atoms with Crippen molar-refractivity contribution in [2.45, 2.75) is 6.92 Å². The SMILES string of the molecule is Cc1c(-c2ccc(O)cc2)nc2ccc(Cl)cc2c1-c1ccccc1Cl.[Cl-]. The average Bonchev–Trinajstić information content (AvgIpc) is 2.63. The van der Waals surface area contributed by atoms with Crippen LogP contribution in [0.2, 0.25) is 10.0 Å². The number of hydrogen-bond donors (Lipinski definition) is 1. The predicted octanol–water partition coefficient (Wildman–Crippen LogP) is 3.89. The van der Waals surface area contributed by atoms with Gasteiger partial charge in [-0.05, 0) is 66.6 Å². The number of aromatic hydroxyl groups is 1. The van der Waals surface area contributed by atoms with Crippen LogP contribution in [-0.2, 0) is 0 Å². The van der Waals surface area contributed by atoms with Gasteiger partial charge < -0.3 is 17.5 Å². The number of hydrogen-bond acceptors (Lipinski definition) is 2. The van der Waals surface area contributed by atoms with Gasteiger partial charge in [-0.1, -0.05) is 41.4 Å². The molecule has 1 aromatic heterocycles. The summed E-state index contributed by atoms with van der Waals surface area (Å²) in [5, 5.41) is 11.9. The van der Waals surface area contributed by atoms with Crippen LogP contribution in [-0.4, -0.2) is 10.1 Å². The maximum Gasteiger partial charge on any atom is 0.115 e. The molecule has 1 N–H and O–H groups in total. The minimum absolute atomic E-state index is 0. The highest BCUT2D eigenvalue weighted by molar-refractivity contribution is 6.34. The van der Waals surface area contributed by atoms with Crippen molar-refractivity contribution in [3.63, 3.8) is 0 Å². The zero-order chi connectivity index (χ0) is 18.3. The minimum Gasteiger partial charge on any atom is -1.00 e. The predicted molar refractivity (Wildman–Crippen MR) is 109 cm³/mol. The molecule has 1 heterocycles. The van der Waals surface area contributed by atoms with Gasteiger partial charge in [-0.3, -0.25) is 0 Å². The quantitative estimate of drug-likeness (QED) is 0.539. The summed E-state index contributed by atoms with van der Waals surface area (Å²) in [4.78, 5) is 4.85. The molecule has 0 unspecified atom stereocenters. The number of rotatable bonds is 2. The summed E-state index contributed by atoms with van der Waals surface area (Å²) in [6.45, 7) is 2.04. The van der Waals surface area contributed by atoms with Gasteiger partial charge in [0.1, 0.15) is 5.75 Å². The lowest BCUT2D eigenvalue weighted by atomic mass is 9.93.